The topological polar surface area (TPSA) is 63.8 Å². The van der Waals surface area contributed by atoms with Crippen LogP contribution < -0.4 is 4.74 Å². The highest BCUT2D eigenvalue weighted by molar-refractivity contribution is 7.15. The first kappa shape index (κ1) is 15.6. The molecule has 0 aliphatic rings. The summed E-state index contributed by atoms with van der Waals surface area (Å²) in [6.07, 6.45) is 1.57. The van der Waals surface area contributed by atoms with Gasteiger partial charge in [0, 0.05) is 17.1 Å². The number of carboxylic acids is 1. The van der Waals surface area contributed by atoms with E-state index in [1.54, 1.807) is 6.20 Å². The van der Waals surface area contributed by atoms with Crippen molar-refractivity contribution in [2.75, 3.05) is 6.61 Å². The van der Waals surface area contributed by atoms with Gasteiger partial charge in [-0.1, -0.05) is 0 Å². The number of benzene rings is 1. The van der Waals surface area contributed by atoms with Gasteiger partial charge in [-0.2, -0.15) is 0 Å². The molecule has 2 aromatic heterocycles. The number of rotatable bonds is 4. The van der Waals surface area contributed by atoms with Crippen molar-refractivity contribution in [1.29, 1.82) is 0 Å². The smallest absolute Gasteiger partial charge is 0.356 e. The van der Waals surface area contributed by atoms with E-state index in [4.69, 9.17) is 9.84 Å². The van der Waals surface area contributed by atoms with Gasteiger partial charge in [-0.15, -0.1) is 11.3 Å². The Morgan fingerprint density at radius 2 is 2.09 bits per heavy atom. The number of carbonyl (C=O) groups is 1. The third-order valence-corrected chi connectivity index (χ3v) is 4.86. The summed E-state index contributed by atoms with van der Waals surface area (Å²) in [6.45, 7) is 8.75. The number of carboxylic acid groups (broad SMARTS) is 1. The van der Waals surface area contributed by atoms with Gasteiger partial charge in [0.05, 0.1) is 12.3 Å². The number of aromatic carboxylic acids is 1. The molecule has 0 saturated carbocycles. The SMILES string of the molecule is CCOc1c(C)cc(-c2csc3nc(C(=O)O)cn23)c(C)c1C. The molecule has 0 saturated heterocycles. The summed E-state index contributed by atoms with van der Waals surface area (Å²) >= 11 is 1.44. The van der Waals surface area contributed by atoms with E-state index in [0.717, 1.165) is 33.7 Å². The maximum atomic E-state index is 11.1. The van der Waals surface area contributed by atoms with Gasteiger partial charge in [-0.25, -0.2) is 9.78 Å². The van der Waals surface area contributed by atoms with Crippen LogP contribution in [0.3, 0.4) is 0 Å². The van der Waals surface area contributed by atoms with Crippen LogP contribution in [0.15, 0.2) is 17.6 Å². The van der Waals surface area contributed by atoms with E-state index in [9.17, 15) is 4.79 Å². The first-order valence-electron chi connectivity index (χ1n) is 7.37. The molecule has 0 fully saturated rings. The molecular weight excluding hydrogens is 312 g/mol. The van der Waals surface area contributed by atoms with E-state index < -0.39 is 5.97 Å². The summed E-state index contributed by atoms with van der Waals surface area (Å²) in [7, 11) is 0. The Bertz CT molecular complexity index is 908. The minimum atomic E-state index is -1.01. The minimum absolute atomic E-state index is 0.0649. The van der Waals surface area contributed by atoms with Crippen LogP contribution in [0.1, 0.15) is 34.1 Å². The molecule has 0 unspecified atom stereocenters. The average Bonchev–Trinajstić information content (AvgIpc) is 3.08. The van der Waals surface area contributed by atoms with Crippen LogP contribution in [0.4, 0.5) is 0 Å². The fraction of sp³-hybridized carbons (Fsp3) is 0.294. The monoisotopic (exact) mass is 330 g/mol. The quantitative estimate of drug-likeness (QED) is 0.783. The molecule has 1 N–H and O–H groups in total. The van der Waals surface area contributed by atoms with Gasteiger partial charge in [0.15, 0.2) is 10.7 Å². The van der Waals surface area contributed by atoms with Crippen LogP contribution in [0, 0.1) is 20.8 Å². The Kier molecular flexibility index (Phi) is 3.85. The van der Waals surface area contributed by atoms with E-state index in [1.165, 1.54) is 11.3 Å². The molecular formula is C17H18N2O3S. The first-order valence-corrected chi connectivity index (χ1v) is 8.25. The molecule has 0 amide bonds. The van der Waals surface area contributed by atoms with Crippen molar-refractivity contribution in [3.05, 3.63) is 40.0 Å². The van der Waals surface area contributed by atoms with Crippen LogP contribution in [0.5, 0.6) is 5.75 Å². The second-order valence-corrected chi connectivity index (χ2v) is 6.29. The van der Waals surface area contributed by atoms with Gasteiger partial charge < -0.3 is 9.84 Å². The van der Waals surface area contributed by atoms with Crippen molar-refractivity contribution in [3.8, 4) is 17.0 Å². The highest BCUT2D eigenvalue weighted by Gasteiger charge is 2.18. The molecule has 0 spiro atoms. The predicted octanol–water partition coefficient (Wildman–Crippen LogP) is 4.08. The van der Waals surface area contributed by atoms with Crippen molar-refractivity contribution in [3.63, 3.8) is 0 Å². The lowest BCUT2D eigenvalue weighted by Crippen LogP contribution is -2.01. The number of aromatic nitrogens is 2. The normalized spacial score (nSPS) is 11.1. The molecule has 0 radical (unpaired) electrons. The van der Waals surface area contributed by atoms with Crippen LogP contribution in [-0.4, -0.2) is 27.1 Å². The van der Waals surface area contributed by atoms with Crippen LogP contribution in [-0.2, 0) is 0 Å². The molecule has 2 heterocycles. The summed E-state index contributed by atoms with van der Waals surface area (Å²) in [5.74, 6) is -0.0836. The number of thiazole rings is 1. The molecule has 5 nitrogen and oxygen atoms in total. The number of hydrogen-bond donors (Lipinski definition) is 1. The van der Waals surface area contributed by atoms with E-state index in [0.29, 0.717) is 11.6 Å². The molecule has 120 valence electrons. The Morgan fingerprint density at radius 3 is 2.74 bits per heavy atom. The van der Waals surface area contributed by atoms with E-state index >= 15 is 0 Å². The third kappa shape index (κ3) is 2.49. The second-order valence-electron chi connectivity index (χ2n) is 5.46. The molecule has 23 heavy (non-hydrogen) atoms. The molecule has 0 atom stereocenters. The molecule has 0 aliphatic heterocycles. The fourth-order valence-electron chi connectivity index (χ4n) is 2.77. The molecule has 6 heteroatoms. The largest absolute Gasteiger partial charge is 0.493 e. The molecule has 3 aromatic rings. The van der Waals surface area contributed by atoms with Gasteiger partial charge in [0.2, 0.25) is 0 Å². The van der Waals surface area contributed by atoms with Crippen molar-refractivity contribution < 1.29 is 14.6 Å². The zero-order valence-corrected chi connectivity index (χ0v) is 14.3. The summed E-state index contributed by atoms with van der Waals surface area (Å²) in [5.41, 5.74) is 5.41. The van der Waals surface area contributed by atoms with Crippen molar-refractivity contribution in [2.24, 2.45) is 0 Å². The Balaban J connectivity index is 2.21. The maximum absolute atomic E-state index is 11.1. The molecule has 0 aliphatic carbocycles. The zero-order valence-electron chi connectivity index (χ0n) is 13.5. The lowest BCUT2D eigenvalue weighted by Gasteiger charge is -2.16. The lowest BCUT2D eigenvalue weighted by molar-refractivity contribution is 0.0691. The van der Waals surface area contributed by atoms with E-state index in [-0.39, 0.29) is 5.69 Å². The Labute approximate surface area is 138 Å². The standard InChI is InChI=1S/C17H18N2O3S/c1-5-22-15-9(2)6-12(10(3)11(15)4)14-8-23-17-18-13(16(20)21)7-19(14)17/h6-8H,5H2,1-4H3,(H,20,21). The average molecular weight is 330 g/mol. The maximum Gasteiger partial charge on any atom is 0.356 e. The number of nitrogens with zero attached hydrogens (tertiary/aromatic N) is 2. The second kappa shape index (κ2) is 5.70. The van der Waals surface area contributed by atoms with E-state index in [1.807, 2.05) is 23.6 Å². The number of fused-ring (bicyclic) bond motifs is 1. The summed E-state index contributed by atoms with van der Waals surface area (Å²) < 4.78 is 7.59. The van der Waals surface area contributed by atoms with Gasteiger partial charge in [-0.3, -0.25) is 4.40 Å². The summed E-state index contributed by atoms with van der Waals surface area (Å²) in [5, 5.41) is 11.1. The molecule has 3 rings (SSSR count). The van der Waals surface area contributed by atoms with Crippen molar-refractivity contribution >= 4 is 22.3 Å². The number of aryl methyl sites for hydroxylation is 1. The summed E-state index contributed by atoms with van der Waals surface area (Å²) in [4.78, 5) is 15.9. The summed E-state index contributed by atoms with van der Waals surface area (Å²) in [6, 6.07) is 2.09. The van der Waals surface area contributed by atoms with E-state index in [2.05, 4.69) is 24.9 Å². The number of hydrogen-bond acceptors (Lipinski definition) is 4. The van der Waals surface area contributed by atoms with Crippen molar-refractivity contribution in [1.82, 2.24) is 9.38 Å². The Hall–Kier alpha value is -2.34. The van der Waals surface area contributed by atoms with Crippen LogP contribution in [0.25, 0.3) is 16.2 Å². The van der Waals surface area contributed by atoms with Crippen molar-refractivity contribution in [2.45, 2.75) is 27.7 Å². The molecule has 0 bridgehead atoms. The van der Waals surface area contributed by atoms with Gasteiger partial charge in [0.1, 0.15) is 5.75 Å². The molecule has 1 aromatic carbocycles. The van der Waals surface area contributed by atoms with Gasteiger partial charge in [0.25, 0.3) is 0 Å². The van der Waals surface area contributed by atoms with Gasteiger partial charge >= 0.3 is 5.97 Å². The fourth-order valence-corrected chi connectivity index (χ4v) is 3.64. The number of ether oxygens (including phenoxy) is 1. The van der Waals surface area contributed by atoms with Crippen LogP contribution in [0.2, 0.25) is 0 Å². The number of imidazole rings is 1. The minimum Gasteiger partial charge on any atom is -0.493 e. The third-order valence-electron chi connectivity index (χ3n) is 4.02. The highest BCUT2D eigenvalue weighted by atomic mass is 32.1. The Morgan fingerprint density at radius 1 is 1.35 bits per heavy atom. The highest BCUT2D eigenvalue weighted by Crippen LogP contribution is 2.36. The first-order chi connectivity index (χ1) is 10.9. The lowest BCUT2D eigenvalue weighted by atomic mass is 9.97. The zero-order chi connectivity index (χ0) is 16.7. The predicted molar refractivity (Wildman–Crippen MR) is 90.8 cm³/mol. The van der Waals surface area contributed by atoms with Gasteiger partial charge in [-0.05, 0) is 50.5 Å². The van der Waals surface area contributed by atoms with Crippen LogP contribution >= 0.6 is 11.3 Å².